The van der Waals surface area contributed by atoms with Crippen LogP contribution in [0.15, 0.2) is 0 Å². The summed E-state index contributed by atoms with van der Waals surface area (Å²) in [4.78, 5) is 20.1. The molecule has 0 saturated carbocycles. The summed E-state index contributed by atoms with van der Waals surface area (Å²) in [5.41, 5.74) is 0. The van der Waals surface area contributed by atoms with Gasteiger partial charge in [0.1, 0.15) is 0 Å². The van der Waals surface area contributed by atoms with Crippen molar-refractivity contribution in [2.24, 2.45) is 0 Å². The van der Waals surface area contributed by atoms with Crippen LogP contribution in [-0.2, 0) is 9.59 Å². The van der Waals surface area contributed by atoms with Crippen LogP contribution in [0, 0.1) is 0 Å². The van der Waals surface area contributed by atoms with E-state index in [4.69, 9.17) is 5.11 Å². The first-order valence-corrected chi connectivity index (χ1v) is 3.49. The number of alkyl halides is 5. The molecular weight excluding hydrogens is 229 g/mol. The third-order valence-corrected chi connectivity index (χ3v) is 1.29. The van der Waals surface area contributed by atoms with Crippen molar-refractivity contribution < 1.29 is 36.6 Å². The Balaban J connectivity index is 4.07. The first-order valence-electron chi connectivity index (χ1n) is 3.49. The maximum Gasteiger partial charge on any atom is 0.454 e. The van der Waals surface area contributed by atoms with E-state index in [1.165, 1.54) is 5.32 Å². The zero-order valence-corrected chi connectivity index (χ0v) is 7.07. The predicted octanol–water partition coefficient (Wildman–Crippen LogP) is 0.427. The summed E-state index contributed by atoms with van der Waals surface area (Å²) in [5.74, 6) is -8.39. The number of aliphatic carboxylic acids is 1. The molecule has 88 valence electrons. The van der Waals surface area contributed by atoms with Crippen LogP contribution in [0.25, 0.3) is 0 Å². The number of rotatable bonds is 5. The maximum absolute atomic E-state index is 12.1. The van der Waals surface area contributed by atoms with Gasteiger partial charge in [0.25, 0.3) is 5.78 Å². The summed E-state index contributed by atoms with van der Waals surface area (Å²) in [6, 6.07) is 0. The number of carboxylic acid groups (broad SMARTS) is 1. The Morgan fingerprint density at radius 2 is 1.60 bits per heavy atom. The van der Waals surface area contributed by atoms with E-state index in [0.717, 1.165) is 0 Å². The van der Waals surface area contributed by atoms with Crippen molar-refractivity contribution in [2.75, 3.05) is 13.1 Å². The van der Waals surface area contributed by atoms with Crippen LogP contribution in [0.4, 0.5) is 22.0 Å². The van der Waals surface area contributed by atoms with Crippen LogP contribution < -0.4 is 5.32 Å². The van der Waals surface area contributed by atoms with Gasteiger partial charge in [-0.1, -0.05) is 0 Å². The highest BCUT2D eigenvalue weighted by molar-refractivity contribution is 6.33. The number of Topliss-reactive ketones (excluding diaryl/α,β-unsaturated/α-hetero) is 1. The standard InChI is InChI=1S/C6H6F5NO3/c7-5(8,6(9,10)11)2-12-1-3(13)4(14)15/h12H,1-2H2,(H,14,15). The lowest BCUT2D eigenvalue weighted by atomic mass is 10.3. The molecule has 0 radical (unpaired) electrons. The average Bonchev–Trinajstić information content (AvgIpc) is 2.01. The van der Waals surface area contributed by atoms with Gasteiger partial charge in [-0.3, -0.25) is 4.79 Å². The van der Waals surface area contributed by atoms with Crippen molar-refractivity contribution in [3.8, 4) is 0 Å². The van der Waals surface area contributed by atoms with Gasteiger partial charge in [-0.15, -0.1) is 0 Å². The summed E-state index contributed by atoms with van der Waals surface area (Å²) in [7, 11) is 0. The Morgan fingerprint density at radius 1 is 1.13 bits per heavy atom. The lowest BCUT2D eigenvalue weighted by molar-refractivity contribution is -0.279. The fourth-order valence-electron chi connectivity index (χ4n) is 0.509. The minimum absolute atomic E-state index is 1.08. The van der Waals surface area contributed by atoms with Crippen molar-refractivity contribution in [3.05, 3.63) is 0 Å². The number of carbonyl (C=O) groups is 2. The molecule has 0 aromatic heterocycles. The molecule has 0 bridgehead atoms. The monoisotopic (exact) mass is 235 g/mol. The van der Waals surface area contributed by atoms with Gasteiger partial charge in [0.2, 0.25) is 0 Å². The van der Waals surface area contributed by atoms with Crippen molar-refractivity contribution in [1.82, 2.24) is 5.32 Å². The van der Waals surface area contributed by atoms with Crippen molar-refractivity contribution in [2.45, 2.75) is 12.1 Å². The minimum atomic E-state index is -5.73. The lowest BCUT2D eigenvalue weighted by Gasteiger charge is -2.19. The molecule has 15 heavy (non-hydrogen) atoms. The third kappa shape index (κ3) is 4.19. The Morgan fingerprint density at radius 3 is 1.93 bits per heavy atom. The van der Waals surface area contributed by atoms with E-state index in [9.17, 15) is 31.5 Å². The second-order valence-electron chi connectivity index (χ2n) is 2.53. The van der Waals surface area contributed by atoms with E-state index in [0.29, 0.717) is 0 Å². The molecule has 0 fully saturated rings. The number of ketones is 1. The molecule has 4 nitrogen and oxygen atoms in total. The normalized spacial score (nSPS) is 12.6. The summed E-state index contributed by atoms with van der Waals surface area (Å²) >= 11 is 0. The van der Waals surface area contributed by atoms with Gasteiger partial charge in [0, 0.05) is 0 Å². The van der Waals surface area contributed by atoms with E-state index >= 15 is 0 Å². The van der Waals surface area contributed by atoms with Gasteiger partial charge in [0.15, 0.2) is 0 Å². The van der Waals surface area contributed by atoms with Gasteiger partial charge in [-0.25, -0.2) is 4.79 Å². The van der Waals surface area contributed by atoms with E-state index in [-0.39, 0.29) is 0 Å². The molecule has 0 saturated heterocycles. The van der Waals surface area contributed by atoms with E-state index in [1.807, 2.05) is 0 Å². The summed E-state index contributed by atoms with van der Waals surface area (Å²) < 4.78 is 58.8. The Labute approximate surface area is 80.1 Å². The molecule has 0 unspecified atom stereocenters. The fourth-order valence-corrected chi connectivity index (χ4v) is 0.509. The zero-order chi connectivity index (χ0) is 12.3. The lowest BCUT2D eigenvalue weighted by Crippen LogP contribution is -2.46. The maximum atomic E-state index is 12.1. The van der Waals surface area contributed by atoms with Crippen LogP contribution in [0.1, 0.15) is 0 Å². The average molecular weight is 235 g/mol. The highest BCUT2D eigenvalue weighted by Gasteiger charge is 2.56. The highest BCUT2D eigenvalue weighted by Crippen LogP contribution is 2.34. The Kier molecular flexibility index (Phi) is 4.14. The molecule has 9 heteroatoms. The largest absolute Gasteiger partial charge is 0.475 e. The smallest absolute Gasteiger partial charge is 0.454 e. The van der Waals surface area contributed by atoms with Crippen molar-refractivity contribution in [3.63, 3.8) is 0 Å². The predicted molar refractivity (Wildman–Crippen MR) is 36.5 cm³/mol. The molecule has 0 atom stereocenters. The number of nitrogens with one attached hydrogen (secondary N) is 1. The van der Waals surface area contributed by atoms with Crippen LogP contribution in [0.5, 0.6) is 0 Å². The molecule has 0 heterocycles. The molecule has 0 rings (SSSR count). The van der Waals surface area contributed by atoms with Crippen molar-refractivity contribution in [1.29, 1.82) is 0 Å². The van der Waals surface area contributed by atoms with Crippen LogP contribution in [0.3, 0.4) is 0 Å². The topological polar surface area (TPSA) is 66.4 Å². The molecule has 0 aromatic carbocycles. The second-order valence-corrected chi connectivity index (χ2v) is 2.53. The minimum Gasteiger partial charge on any atom is -0.475 e. The van der Waals surface area contributed by atoms with E-state index in [1.54, 1.807) is 0 Å². The number of hydrogen-bond donors (Lipinski definition) is 2. The van der Waals surface area contributed by atoms with Crippen LogP contribution in [0.2, 0.25) is 0 Å². The van der Waals surface area contributed by atoms with Crippen molar-refractivity contribution >= 4 is 11.8 Å². The fraction of sp³-hybridized carbons (Fsp3) is 0.667. The first kappa shape index (κ1) is 13.8. The molecule has 0 aliphatic heterocycles. The quantitative estimate of drug-likeness (QED) is 0.535. The van der Waals surface area contributed by atoms with E-state index < -0.39 is 36.9 Å². The molecule has 0 aliphatic carbocycles. The van der Waals surface area contributed by atoms with Gasteiger partial charge >= 0.3 is 18.1 Å². The molecule has 0 aliphatic rings. The SMILES string of the molecule is O=C(O)C(=O)CNCC(F)(F)C(F)(F)F. The van der Waals surface area contributed by atoms with Gasteiger partial charge < -0.3 is 10.4 Å². The van der Waals surface area contributed by atoms with Gasteiger partial charge in [-0.05, 0) is 0 Å². The molecule has 0 aromatic rings. The molecular formula is C6H6F5NO3. The first-order chi connectivity index (χ1) is 6.58. The number of hydrogen-bond acceptors (Lipinski definition) is 3. The molecule has 2 N–H and O–H groups in total. The summed E-state index contributed by atoms with van der Waals surface area (Å²) in [5, 5.41) is 9.38. The van der Waals surface area contributed by atoms with Gasteiger partial charge in [0.05, 0.1) is 13.1 Å². The third-order valence-electron chi connectivity index (χ3n) is 1.29. The number of carbonyl (C=O) groups excluding carboxylic acids is 1. The number of carboxylic acids is 1. The Hall–Kier alpha value is -1.25. The molecule has 0 spiro atoms. The second kappa shape index (κ2) is 4.51. The summed E-state index contributed by atoms with van der Waals surface area (Å²) in [6.07, 6.45) is -5.73. The van der Waals surface area contributed by atoms with E-state index in [2.05, 4.69) is 0 Å². The summed E-state index contributed by atoms with van der Waals surface area (Å²) in [6.45, 7) is -2.92. The van der Waals surface area contributed by atoms with Crippen LogP contribution in [-0.4, -0.2) is 42.0 Å². The zero-order valence-electron chi connectivity index (χ0n) is 7.07. The number of halogens is 5. The highest BCUT2D eigenvalue weighted by atomic mass is 19.4. The Bertz CT molecular complexity index is 262. The van der Waals surface area contributed by atoms with Crippen LogP contribution >= 0.6 is 0 Å². The molecule has 0 amide bonds. The van der Waals surface area contributed by atoms with Gasteiger partial charge in [-0.2, -0.15) is 22.0 Å².